The molecule has 136 valence electrons. The Morgan fingerprint density at radius 2 is 1.65 bits per heavy atom. The number of nitrogens with one attached hydrogen (secondary N) is 1. The van der Waals surface area contributed by atoms with Crippen LogP contribution in [0.3, 0.4) is 0 Å². The van der Waals surface area contributed by atoms with E-state index in [1.807, 2.05) is 0 Å². The van der Waals surface area contributed by atoms with Gasteiger partial charge in [-0.1, -0.05) is 0 Å². The molecule has 3 N–H and O–H groups in total. The maximum Gasteiger partial charge on any atom is 0.338 e. The first kappa shape index (κ1) is 19.0. The number of amides is 1. The zero-order valence-electron chi connectivity index (χ0n) is 13.1. The molecule has 2 rings (SSSR count). The van der Waals surface area contributed by atoms with Gasteiger partial charge in [-0.3, -0.25) is 14.9 Å². The third kappa shape index (κ3) is 5.09. The third-order valence-electron chi connectivity index (χ3n) is 3.11. The molecule has 2 aromatic carbocycles. The summed E-state index contributed by atoms with van der Waals surface area (Å²) in [5, 5.41) is 17.9. The topological polar surface area (TPSA) is 159 Å². The molecule has 11 heteroatoms. The number of anilines is 1. The van der Waals surface area contributed by atoms with Crippen LogP contribution in [0.2, 0.25) is 0 Å². The van der Waals surface area contributed by atoms with Crippen molar-refractivity contribution in [1.29, 1.82) is 0 Å². The lowest BCUT2D eigenvalue weighted by molar-refractivity contribution is -0.384. The van der Waals surface area contributed by atoms with Gasteiger partial charge >= 0.3 is 5.97 Å². The summed E-state index contributed by atoms with van der Waals surface area (Å²) in [7, 11) is -3.83. The van der Waals surface area contributed by atoms with Crippen LogP contribution in [0.15, 0.2) is 53.4 Å². The minimum Gasteiger partial charge on any atom is -0.452 e. The number of carbonyl (C=O) groups excluding carboxylic acids is 2. The summed E-state index contributed by atoms with van der Waals surface area (Å²) >= 11 is 0. The molecule has 1 amide bonds. The van der Waals surface area contributed by atoms with Gasteiger partial charge in [0, 0.05) is 17.8 Å². The minimum atomic E-state index is -3.83. The van der Waals surface area contributed by atoms with Crippen molar-refractivity contribution in [3.63, 3.8) is 0 Å². The number of primary sulfonamides is 1. The molecule has 0 bridgehead atoms. The lowest BCUT2D eigenvalue weighted by Gasteiger charge is -2.07. The van der Waals surface area contributed by atoms with Crippen molar-refractivity contribution < 1.29 is 27.7 Å². The van der Waals surface area contributed by atoms with E-state index in [-0.39, 0.29) is 21.8 Å². The Hall–Kier alpha value is -3.31. The molecule has 0 spiro atoms. The van der Waals surface area contributed by atoms with Crippen LogP contribution in [-0.4, -0.2) is 31.8 Å². The predicted octanol–water partition coefficient (Wildman–Crippen LogP) is 1.04. The second-order valence-electron chi connectivity index (χ2n) is 5.00. The SMILES string of the molecule is NS(=O)(=O)c1ccc(NC(=O)COC(=O)c2ccc([N+](=O)[O-])cc2)cc1. The Morgan fingerprint density at radius 1 is 1.08 bits per heavy atom. The first-order valence-electron chi connectivity index (χ1n) is 7.01. The van der Waals surface area contributed by atoms with Gasteiger partial charge in [-0.15, -0.1) is 0 Å². The summed E-state index contributed by atoms with van der Waals surface area (Å²) in [6.45, 7) is -0.591. The Balaban J connectivity index is 1.90. The van der Waals surface area contributed by atoms with Crippen LogP contribution in [-0.2, 0) is 19.6 Å². The Kier molecular flexibility index (Phi) is 5.64. The number of nitrogens with zero attached hydrogens (tertiary/aromatic N) is 1. The van der Waals surface area contributed by atoms with E-state index in [0.717, 1.165) is 12.1 Å². The van der Waals surface area contributed by atoms with Crippen molar-refractivity contribution in [3.8, 4) is 0 Å². The molecule has 26 heavy (non-hydrogen) atoms. The standard InChI is InChI=1S/C15H13N3O7S/c16-26(23,24)13-7-3-11(4-8-13)17-14(19)9-25-15(20)10-1-5-12(6-2-10)18(21)22/h1-8H,9H2,(H,17,19)(H2,16,23,24). The smallest absolute Gasteiger partial charge is 0.338 e. The van der Waals surface area contributed by atoms with Gasteiger partial charge in [0.15, 0.2) is 6.61 Å². The normalized spacial score (nSPS) is 10.8. The number of rotatable bonds is 6. The number of nitro groups is 1. The largest absolute Gasteiger partial charge is 0.452 e. The third-order valence-corrected chi connectivity index (χ3v) is 4.04. The summed E-state index contributed by atoms with van der Waals surface area (Å²) in [6.07, 6.45) is 0. The molecule has 10 nitrogen and oxygen atoms in total. The Labute approximate surface area is 147 Å². The molecule has 0 saturated carbocycles. The summed E-state index contributed by atoms with van der Waals surface area (Å²) < 4.78 is 27.1. The molecule has 0 fully saturated rings. The first-order valence-corrected chi connectivity index (χ1v) is 8.56. The summed E-state index contributed by atoms with van der Waals surface area (Å²) in [5.74, 6) is -1.47. The molecule has 0 aliphatic heterocycles. The van der Waals surface area contributed by atoms with Gasteiger partial charge in [-0.2, -0.15) is 0 Å². The van der Waals surface area contributed by atoms with Crippen molar-refractivity contribution >= 4 is 33.3 Å². The number of esters is 1. The number of nitrogens with two attached hydrogens (primary N) is 1. The molecule has 0 aliphatic rings. The molecular formula is C15H13N3O7S. The first-order chi connectivity index (χ1) is 12.2. The average molecular weight is 379 g/mol. The predicted molar refractivity (Wildman–Crippen MR) is 89.8 cm³/mol. The summed E-state index contributed by atoms with van der Waals surface area (Å²) in [5.41, 5.74) is 0.164. The van der Waals surface area contributed by atoms with Gasteiger partial charge in [-0.25, -0.2) is 18.4 Å². The number of benzene rings is 2. The van der Waals surface area contributed by atoms with Gasteiger partial charge in [0.1, 0.15) is 0 Å². The molecule has 0 aliphatic carbocycles. The van der Waals surface area contributed by atoms with E-state index in [1.54, 1.807) is 0 Å². The lowest BCUT2D eigenvalue weighted by atomic mass is 10.2. The van der Waals surface area contributed by atoms with Gasteiger partial charge in [0.05, 0.1) is 15.4 Å². The van der Waals surface area contributed by atoms with E-state index in [1.165, 1.54) is 36.4 Å². The highest BCUT2D eigenvalue weighted by atomic mass is 32.2. The number of non-ortho nitro benzene ring substituents is 1. The van der Waals surface area contributed by atoms with E-state index >= 15 is 0 Å². The van der Waals surface area contributed by atoms with Gasteiger partial charge in [0.25, 0.3) is 11.6 Å². The number of sulfonamides is 1. The average Bonchev–Trinajstić information content (AvgIpc) is 2.59. The fourth-order valence-corrected chi connectivity index (χ4v) is 2.37. The molecule has 0 radical (unpaired) electrons. The maximum atomic E-state index is 11.8. The van der Waals surface area contributed by atoms with Crippen molar-refractivity contribution in [3.05, 3.63) is 64.2 Å². The number of nitro benzene ring substituents is 1. The van der Waals surface area contributed by atoms with Crippen molar-refractivity contribution in [2.75, 3.05) is 11.9 Å². The Morgan fingerprint density at radius 3 is 2.15 bits per heavy atom. The van der Waals surface area contributed by atoms with E-state index in [2.05, 4.69) is 5.32 Å². The number of hydrogen-bond acceptors (Lipinski definition) is 7. The van der Waals surface area contributed by atoms with Crippen LogP contribution in [0.4, 0.5) is 11.4 Å². The van der Waals surface area contributed by atoms with E-state index in [9.17, 15) is 28.1 Å². The van der Waals surface area contributed by atoms with Crippen LogP contribution < -0.4 is 10.5 Å². The van der Waals surface area contributed by atoms with Crippen molar-refractivity contribution in [2.24, 2.45) is 5.14 Å². The highest BCUT2D eigenvalue weighted by molar-refractivity contribution is 7.89. The van der Waals surface area contributed by atoms with Crippen molar-refractivity contribution in [2.45, 2.75) is 4.90 Å². The summed E-state index contributed by atoms with van der Waals surface area (Å²) in [6, 6.07) is 9.80. The molecule has 0 heterocycles. The van der Waals surface area contributed by atoms with Crippen LogP contribution in [0, 0.1) is 10.1 Å². The van der Waals surface area contributed by atoms with Crippen LogP contribution in [0.25, 0.3) is 0 Å². The molecular weight excluding hydrogens is 366 g/mol. The van der Waals surface area contributed by atoms with Crippen LogP contribution >= 0.6 is 0 Å². The number of carbonyl (C=O) groups is 2. The second-order valence-corrected chi connectivity index (χ2v) is 6.56. The monoisotopic (exact) mass is 379 g/mol. The highest BCUT2D eigenvalue weighted by Crippen LogP contribution is 2.14. The van der Waals surface area contributed by atoms with Gasteiger partial charge in [0.2, 0.25) is 10.0 Å². The second kappa shape index (κ2) is 7.72. The highest BCUT2D eigenvalue weighted by Gasteiger charge is 2.13. The van der Waals surface area contributed by atoms with E-state index in [4.69, 9.17) is 9.88 Å². The van der Waals surface area contributed by atoms with E-state index < -0.39 is 33.4 Å². The molecule has 0 aromatic heterocycles. The number of ether oxygens (including phenoxy) is 1. The van der Waals surface area contributed by atoms with Crippen LogP contribution in [0.5, 0.6) is 0 Å². The Bertz CT molecular complexity index is 938. The fraction of sp³-hybridized carbons (Fsp3) is 0.0667. The van der Waals surface area contributed by atoms with Crippen molar-refractivity contribution in [1.82, 2.24) is 0 Å². The lowest BCUT2D eigenvalue weighted by Crippen LogP contribution is -2.21. The zero-order valence-corrected chi connectivity index (χ0v) is 13.9. The maximum absolute atomic E-state index is 11.8. The quantitative estimate of drug-likeness (QED) is 0.431. The van der Waals surface area contributed by atoms with Gasteiger partial charge < -0.3 is 10.1 Å². The van der Waals surface area contributed by atoms with Crippen LogP contribution in [0.1, 0.15) is 10.4 Å². The molecule has 0 unspecified atom stereocenters. The van der Waals surface area contributed by atoms with Gasteiger partial charge in [-0.05, 0) is 36.4 Å². The minimum absolute atomic E-state index is 0.0564. The molecule has 0 atom stereocenters. The number of hydrogen-bond donors (Lipinski definition) is 2. The summed E-state index contributed by atoms with van der Waals surface area (Å²) in [4.78, 5) is 33.4. The molecule has 0 saturated heterocycles. The molecule has 2 aromatic rings. The zero-order chi connectivity index (χ0) is 19.3. The van der Waals surface area contributed by atoms with E-state index in [0.29, 0.717) is 0 Å². The fourth-order valence-electron chi connectivity index (χ4n) is 1.86.